The van der Waals surface area contributed by atoms with Gasteiger partial charge in [-0.3, -0.25) is 0 Å². The topological polar surface area (TPSA) is 65.2 Å². The Balaban J connectivity index is 3.27. The third-order valence-electron chi connectivity index (χ3n) is 1.81. The van der Waals surface area contributed by atoms with Crippen LogP contribution in [0, 0.1) is 0 Å². The lowest BCUT2D eigenvalue weighted by atomic mass is 10.2. The molecule has 0 spiro atoms. The summed E-state index contributed by atoms with van der Waals surface area (Å²) in [5.74, 6) is -0.930. The lowest BCUT2D eigenvalue weighted by Crippen LogP contribution is -2.14. The van der Waals surface area contributed by atoms with E-state index in [9.17, 15) is 18.0 Å². The summed E-state index contributed by atoms with van der Waals surface area (Å²) < 4.78 is 41.6. The third-order valence-corrected chi connectivity index (χ3v) is 1.81. The maximum Gasteiger partial charge on any atom is 0.416 e. The molecule has 4 nitrogen and oxygen atoms in total. The maximum atomic E-state index is 12.4. The normalized spacial score (nSPS) is 11.3. The number of hydrogen-bond donors (Lipinski definition) is 1. The number of nitrogens with two attached hydrogens (primary N) is 1. The van der Waals surface area contributed by atoms with E-state index in [0.717, 1.165) is 13.2 Å². The SMILES string of the molecule is COC(=O)c1cc(C(F)(F)F)cc(CN)n1. The van der Waals surface area contributed by atoms with Crippen molar-refractivity contribution in [2.45, 2.75) is 12.7 Å². The van der Waals surface area contributed by atoms with Crippen LogP contribution >= 0.6 is 0 Å². The summed E-state index contributed by atoms with van der Waals surface area (Å²) in [6, 6.07) is 1.43. The van der Waals surface area contributed by atoms with Crippen molar-refractivity contribution in [3.05, 3.63) is 29.1 Å². The van der Waals surface area contributed by atoms with E-state index in [0.29, 0.717) is 6.07 Å². The second-order valence-corrected chi connectivity index (χ2v) is 2.93. The zero-order valence-corrected chi connectivity index (χ0v) is 8.34. The zero-order valence-electron chi connectivity index (χ0n) is 8.34. The first-order valence-electron chi connectivity index (χ1n) is 4.25. The van der Waals surface area contributed by atoms with Crippen molar-refractivity contribution in [3.63, 3.8) is 0 Å². The minimum absolute atomic E-state index is 0.0183. The van der Waals surface area contributed by atoms with Gasteiger partial charge in [-0.2, -0.15) is 13.2 Å². The highest BCUT2D eigenvalue weighted by Crippen LogP contribution is 2.29. The summed E-state index contributed by atoms with van der Waals surface area (Å²) in [5.41, 5.74) is 3.80. The van der Waals surface area contributed by atoms with Gasteiger partial charge < -0.3 is 10.5 Å². The Morgan fingerprint density at radius 2 is 2.12 bits per heavy atom. The molecular weight excluding hydrogens is 225 g/mol. The number of carbonyl (C=O) groups excluding carboxylic acids is 1. The van der Waals surface area contributed by atoms with Crippen molar-refractivity contribution >= 4 is 5.97 Å². The number of alkyl halides is 3. The molecule has 0 aliphatic heterocycles. The first kappa shape index (κ1) is 12.4. The Kier molecular flexibility index (Phi) is 3.48. The van der Waals surface area contributed by atoms with Gasteiger partial charge in [-0.05, 0) is 12.1 Å². The average Bonchev–Trinajstić information content (AvgIpc) is 2.26. The Labute approximate surface area is 89.2 Å². The molecule has 16 heavy (non-hydrogen) atoms. The van der Waals surface area contributed by atoms with Crippen LogP contribution in [0.3, 0.4) is 0 Å². The number of nitrogens with zero attached hydrogens (tertiary/aromatic N) is 1. The van der Waals surface area contributed by atoms with Crippen LogP contribution in [0.4, 0.5) is 13.2 Å². The quantitative estimate of drug-likeness (QED) is 0.784. The molecule has 0 unspecified atom stereocenters. The number of carbonyl (C=O) groups is 1. The van der Waals surface area contributed by atoms with E-state index in [1.807, 2.05) is 0 Å². The average molecular weight is 234 g/mol. The maximum absolute atomic E-state index is 12.4. The number of aromatic nitrogens is 1. The molecule has 7 heteroatoms. The van der Waals surface area contributed by atoms with Crippen molar-refractivity contribution < 1.29 is 22.7 Å². The summed E-state index contributed by atoms with van der Waals surface area (Å²) in [4.78, 5) is 14.7. The fraction of sp³-hybridized carbons (Fsp3) is 0.333. The Morgan fingerprint density at radius 1 is 1.50 bits per heavy atom. The van der Waals surface area contributed by atoms with Crippen molar-refractivity contribution in [1.29, 1.82) is 0 Å². The van der Waals surface area contributed by atoms with E-state index in [1.165, 1.54) is 0 Å². The smallest absolute Gasteiger partial charge is 0.416 e. The molecule has 0 saturated heterocycles. The van der Waals surface area contributed by atoms with Gasteiger partial charge in [-0.1, -0.05) is 0 Å². The third kappa shape index (κ3) is 2.69. The summed E-state index contributed by atoms with van der Waals surface area (Å²) in [6.45, 7) is -0.187. The predicted octanol–water partition coefficient (Wildman–Crippen LogP) is 1.35. The number of ether oxygens (including phenoxy) is 1. The number of pyridine rings is 1. The molecule has 0 atom stereocenters. The first-order valence-corrected chi connectivity index (χ1v) is 4.25. The second kappa shape index (κ2) is 4.48. The highest BCUT2D eigenvalue weighted by Gasteiger charge is 2.32. The summed E-state index contributed by atoms with van der Waals surface area (Å²) in [7, 11) is 1.06. The highest BCUT2D eigenvalue weighted by molar-refractivity contribution is 5.87. The minimum Gasteiger partial charge on any atom is -0.464 e. The summed E-state index contributed by atoms with van der Waals surface area (Å²) >= 11 is 0. The number of esters is 1. The van der Waals surface area contributed by atoms with Gasteiger partial charge in [0, 0.05) is 6.54 Å². The molecule has 0 fully saturated rings. The molecule has 1 rings (SSSR count). The largest absolute Gasteiger partial charge is 0.464 e. The van der Waals surface area contributed by atoms with Crippen molar-refractivity contribution in [2.75, 3.05) is 7.11 Å². The van der Waals surface area contributed by atoms with Crippen LogP contribution in [0.15, 0.2) is 12.1 Å². The number of hydrogen-bond acceptors (Lipinski definition) is 4. The van der Waals surface area contributed by atoms with E-state index < -0.39 is 23.4 Å². The van der Waals surface area contributed by atoms with Gasteiger partial charge in [-0.15, -0.1) is 0 Å². The standard InChI is InChI=1S/C9H9F3N2O2/c1-16-8(15)7-3-5(9(10,11)12)2-6(4-13)14-7/h2-3H,4,13H2,1H3. The molecule has 0 saturated carbocycles. The lowest BCUT2D eigenvalue weighted by molar-refractivity contribution is -0.137. The van der Waals surface area contributed by atoms with E-state index in [4.69, 9.17) is 5.73 Å². The van der Waals surface area contributed by atoms with Gasteiger partial charge in [0.1, 0.15) is 5.69 Å². The Bertz CT molecular complexity index is 404. The number of methoxy groups -OCH3 is 1. The predicted molar refractivity (Wildman–Crippen MR) is 48.5 cm³/mol. The van der Waals surface area contributed by atoms with Gasteiger partial charge in [0.25, 0.3) is 0 Å². The van der Waals surface area contributed by atoms with E-state index >= 15 is 0 Å². The second-order valence-electron chi connectivity index (χ2n) is 2.93. The Hall–Kier alpha value is -1.63. The zero-order chi connectivity index (χ0) is 12.3. The van der Waals surface area contributed by atoms with Crippen LogP contribution in [0.5, 0.6) is 0 Å². The molecule has 2 N–H and O–H groups in total. The molecular formula is C9H9F3N2O2. The minimum atomic E-state index is -4.55. The number of rotatable bonds is 2. The first-order chi connectivity index (χ1) is 7.38. The van der Waals surface area contributed by atoms with Gasteiger partial charge in [0.05, 0.1) is 18.4 Å². The van der Waals surface area contributed by atoms with Gasteiger partial charge >= 0.3 is 12.1 Å². The van der Waals surface area contributed by atoms with Crippen LogP contribution in [-0.4, -0.2) is 18.1 Å². The number of halogens is 3. The van der Waals surface area contributed by atoms with Crippen molar-refractivity contribution in [3.8, 4) is 0 Å². The van der Waals surface area contributed by atoms with Crippen molar-refractivity contribution in [1.82, 2.24) is 4.98 Å². The van der Waals surface area contributed by atoms with Crippen LogP contribution < -0.4 is 5.73 Å². The molecule has 0 amide bonds. The fourth-order valence-corrected chi connectivity index (χ4v) is 1.07. The molecule has 88 valence electrons. The van der Waals surface area contributed by atoms with E-state index in [1.54, 1.807) is 0 Å². The summed E-state index contributed by atoms with van der Waals surface area (Å²) in [6.07, 6.45) is -4.55. The van der Waals surface area contributed by atoms with Crippen LogP contribution in [0.2, 0.25) is 0 Å². The lowest BCUT2D eigenvalue weighted by Gasteiger charge is -2.09. The fourth-order valence-electron chi connectivity index (χ4n) is 1.07. The van der Waals surface area contributed by atoms with Crippen LogP contribution in [0.25, 0.3) is 0 Å². The van der Waals surface area contributed by atoms with Crippen molar-refractivity contribution in [2.24, 2.45) is 5.73 Å². The van der Waals surface area contributed by atoms with Gasteiger partial charge in [0.2, 0.25) is 0 Å². The summed E-state index contributed by atoms with van der Waals surface area (Å²) in [5, 5.41) is 0. The monoisotopic (exact) mass is 234 g/mol. The molecule has 0 radical (unpaired) electrons. The molecule has 0 aliphatic carbocycles. The molecule has 1 aromatic rings. The molecule has 1 heterocycles. The van der Waals surface area contributed by atoms with Crippen LogP contribution in [-0.2, 0) is 17.5 Å². The highest BCUT2D eigenvalue weighted by atomic mass is 19.4. The van der Waals surface area contributed by atoms with E-state index in [-0.39, 0.29) is 12.2 Å². The van der Waals surface area contributed by atoms with Crippen LogP contribution in [0.1, 0.15) is 21.7 Å². The molecule has 0 aromatic carbocycles. The molecule has 0 aliphatic rings. The molecule has 0 bridgehead atoms. The molecule has 1 aromatic heterocycles. The Morgan fingerprint density at radius 3 is 2.56 bits per heavy atom. The van der Waals surface area contributed by atoms with Gasteiger partial charge in [-0.25, -0.2) is 9.78 Å². The van der Waals surface area contributed by atoms with Gasteiger partial charge in [0.15, 0.2) is 0 Å². The van der Waals surface area contributed by atoms with E-state index in [2.05, 4.69) is 9.72 Å².